The Morgan fingerprint density at radius 3 is 2.68 bits per heavy atom. The van der Waals surface area contributed by atoms with Gasteiger partial charge in [0.25, 0.3) is 5.91 Å². The molecule has 0 bridgehead atoms. The lowest BCUT2D eigenvalue weighted by atomic mass is 10.2. The van der Waals surface area contributed by atoms with E-state index >= 15 is 0 Å². The zero-order valence-electron chi connectivity index (χ0n) is 14.7. The number of hydrogen-bond acceptors (Lipinski definition) is 4. The quantitative estimate of drug-likeness (QED) is 0.683. The first-order valence-electron chi connectivity index (χ1n) is 8.75. The third-order valence-corrected chi connectivity index (χ3v) is 4.62. The van der Waals surface area contributed by atoms with Crippen molar-refractivity contribution in [2.24, 2.45) is 0 Å². The van der Waals surface area contributed by atoms with Crippen LogP contribution < -0.4 is 4.74 Å². The molecule has 1 fully saturated rings. The molecule has 3 aromatic rings. The van der Waals surface area contributed by atoms with Crippen LogP contribution in [0.1, 0.15) is 22.5 Å². The summed E-state index contributed by atoms with van der Waals surface area (Å²) in [5.74, 6) is 0.289. The fourth-order valence-corrected chi connectivity index (χ4v) is 3.23. The molecule has 1 aliphatic heterocycles. The molecule has 1 aromatic carbocycles. The van der Waals surface area contributed by atoms with Crippen LogP contribution in [0.25, 0.3) is 10.9 Å². The highest BCUT2D eigenvalue weighted by molar-refractivity contribution is 5.94. The second kappa shape index (κ2) is 7.10. The Balaban J connectivity index is 1.44. The van der Waals surface area contributed by atoms with E-state index in [9.17, 15) is 18.0 Å². The van der Waals surface area contributed by atoms with Gasteiger partial charge in [0.2, 0.25) is 0 Å². The zero-order chi connectivity index (χ0) is 19.7. The fraction of sp³-hybridized carbons (Fsp3) is 0.250. The van der Waals surface area contributed by atoms with Crippen molar-refractivity contribution in [3.8, 4) is 5.75 Å². The molecule has 1 amide bonds. The molecule has 28 heavy (non-hydrogen) atoms. The highest BCUT2D eigenvalue weighted by Gasteiger charge is 2.33. The number of amides is 1. The average Bonchev–Trinajstić information content (AvgIpc) is 3.16. The van der Waals surface area contributed by atoms with Crippen LogP contribution >= 0.6 is 0 Å². The Hall–Kier alpha value is -3.16. The molecule has 144 valence electrons. The molecule has 3 heterocycles. The van der Waals surface area contributed by atoms with E-state index in [1.165, 1.54) is 0 Å². The van der Waals surface area contributed by atoms with Crippen molar-refractivity contribution >= 4 is 16.8 Å². The van der Waals surface area contributed by atoms with Crippen LogP contribution in [0.5, 0.6) is 5.75 Å². The number of benzene rings is 1. The van der Waals surface area contributed by atoms with Gasteiger partial charge in [0, 0.05) is 30.7 Å². The number of pyridine rings is 2. The summed E-state index contributed by atoms with van der Waals surface area (Å²) in [6, 6.07) is 11.4. The number of fused-ring (bicyclic) bond motifs is 1. The zero-order valence-corrected chi connectivity index (χ0v) is 14.7. The molecule has 0 radical (unpaired) electrons. The van der Waals surface area contributed by atoms with Gasteiger partial charge in [0.15, 0.2) is 0 Å². The van der Waals surface area contributed by atoms with Crippen LogP contribution in [-0.2, 0) is 6.18 Å². The molecule has 0 aliphatic carbocycles. The topological polar surface area (TPSA) is 55.3 Å². The van der Waals surface area contributed by atoms with E-state index in [1.807, 2.05) is 30.3 Å². The second-order valence-corrected chi connectivity index (χ2v) is 6.54. The van der Waals surface area contributed by atoms with Crippen LogP contribution in [0.4, 0.5) is 13.2 Å². The van der Waals surface area contributed by atoms with Gasteiger partial charge in [-0.05, 0) is 24.3 Å². The summed E-state index contributed by atoms with van der Waals surface area (Å²) >= 11 is 0. The predicted molar refractivity (Wildman–Crippen MR) is 95.9 cm³/mol. The number of carbonyl (C=O) groups excluding carboxylic acids is 1. The van der Waals surface area contributed by atoms with Crippen molar-refractivity contribution in [3.63, 3.8) is 0 Å². The SMILES string of the molecule is O=C(c1ccc(C(F)(F)F)nc1)N1CC[C@@H](Oc2cccc3cccnc23)C1. The largest absolute Gasteiger partial charge is 0.486 e. The van der Waals surface area contributed by atoms with Crippen molar-refractivity contribution in [1.82, 2.24) is 14.9 Å². The minimum Gasteiger partial charge on any atom is -0.486 e. The summed E-state index contributed by atoms with van der Waals surface area (Å²) in [7, 11) is 0. The molecular formula is C20H16F3N3O2. The van der Waals surface area contributed by atoms with E-state index in [-0.39, 0.29) is 17.6 Å². The fourth-order valence-electron chi connectivity index (χ4n) is 3.23. The minimum absolute atomic E-state index is 0.125. The summed E-state index contributed by atoms with van der Waals surface area (Å²) in [6.07, 6.45) is -1.45. The summed E-state index contributed by atoms with van der Waals surface area (Å²) in [6.45, 7) is 0.811. The van der Waals surface area contributed by atoms with Crippen LogP contribution in [-0.4, -0.2) is 40.0 Å². The lowest BCUT2D eigenvalue weighted by molar-refractivity contribution is -0.141. The smallest absolute Gasteiger partial charge is 0.433 e. The maximum Gasteiger partial charge on any atom is 0.433 e. The van der Waals surface area contributed by atoms with Crippen LogP contribution in [0.2, 0.25) is 0 Å². The van der Waals surface area contributed by atoms with Gasteiger partial charge in [-0.3, -0.25) is 14.8 Å². The molecule has 1 saturated heterocycles. The van der Waals surface area contributed by atoms with E-state index < -0.39 is 11.9 Å². The van der Waals surface area contributed by atoms with Gasteiger partial charge >= 0.3 is 6.18 Å². The number of carbonyl (C=O) groups is 1. The molecule has 8 heteroatoms. The van der Waals surface area contributed by atoms with Crippen molar-refractivity contribution in [2.75, 3.05) is 13.1 Å². The lowest BCUT2D eigenvalue weighted by Gasteiger charge is -2.18. The van der Waals surface area contributed by atoms with E-state index in [0.29, 0.717) is 25.3 Å². The Bertz CT molecular complexity index is 1000. The van der Waals surface area contributed by atoms with Gasteiger partial charge in [-0.25, -0.2) is 0 Å². The van der Waals surface area contributed by atoms with Gasteiger partial charge in [-0.2, -0.15) is 13.2 Å². The number of alkyl halides is 3. The van der Waals surface area contributed by atoms with Crippen molar-refractivity contribution < 1.29 is 22.7 Å². The van der Waals surface area contributed by atoms with Crippen molar-refractivity contribution in [1.29, 1.82) is 0 Å². The van der Waals surface area contributed by atoms with Gasteiger partial charge in [0.1, 0.15) is 23.1 Å². The van der Waals surface area contributed by atoms with E-state index in [4.69, 9.17) is 4.74 Å². The monoisotopic (exact) mass is 387 g/mol. The Kier molecular flexibility index (Phi) is 4.62. The third-order valence-electron chi connectivity index (χ3n) is 4.62. The van der Waals surface area contributed by atoms with Crippen LogP contribution in [0.3, 0.4) is 0 Å². The van der Waals surface area contributed by atoms with Gasteiger partial charge in [-0.1, -0.05) is 18.2 Å². The van der Waals surface area contributed by atoms with E-state index in [1.54, 1.807) is 11.1 Å². The van der Waals surface area contributed by atoms with Crippen molar-refractivity contribution in [3.05, 3.63) is 66.1 Å². The molecule has 5 nitrogen and oxygen atoms in total. The summed E-state index contributed by atoms with van der Waals surface area (Å²) in [5, 5.41) is 0.960. The first-order chi connectivity index (χ1) is 13.4. The van der Waals surface area contributed by atoms with Crippen molar-refractivity contribution in [2.45, 2.75) is 18.7 Å². The standard InChI is InChI=1S/C20H16F3N3O2/c21-20(22,23)17-7-6-14(11-25-17)19(27)26-10-8-15(12-26)28-16-5-1-3-13-4-2-9-24-18(13)16/h1-7,9,11,15H,8,10,12H2/t15-/m1/s1. The molecule has 0 unspecified atom stereocenters. The van der Waals surface area contributed by atoms with Gasteiger partial charge < -0.3 is 9.64 Å². The molecule has 0 spiro atoms. The maximum atomic E-state index is 12.6. The van der Waals surface area contributed by atoms with Crippen LogP contribution in [0.15, 0.2) is 54.9 Å². The first-order valence-corrected chi connectivity index (χ1v) is 8.75. The molecular weight excluding hydrogens is 371 g/mol. The Morgan fingerprint density at radius 2 is 1.93 bits per heavy atom. The van der Waals surface area contributed by atoms with Crippen LogP contribution in [0, 0.1) is 0 Å². The Labute approximate surface area is 158 Å². The van der Waals surface area contributed by atoms with E-state index in [0.717, 1.165) is 29.2 Å². The number of ether oxygens (including phenoxy) is 1. The number of nitrogens with zero attached hydrogens (tertiary/aromatic N) is 3. The number of aromatic nitrogens is 2. The molecule has 2 aromatic heterocycles. The first kappa shape index (κ1) is 18.2. The number of likely N-dealkylation sites (tertiary alicyclic amines) is 1. The molecule has 0 N–H and O–H groups in total. The average molecular weight is 387 g/mol. The highest BCUT2D eigenvalue weighted by Crippen LogP contribution is 2.28. The summed E-state index contributed by atoms with van der Waals surface area (Å²) in [4.78, 5) is 21.8. The molecule has 1 atom stereocenters. The lowest BCUT2D eigenvalue weighted by Crippen LogP contribution is -2.31. The number of hydrogen-bond donors (Lipinski definition) is 0. The number of halogens is 3. The number of para-hydroxylation sites is 1. The molecule has 1 aliphatic rings. The number of rotatable bonds is 3. The highest BCUT2D eigenvalue weighted by atomic mass is 19.4. The van der Waals surface area contributed by atoms with E-state index in [2.05, 4.69) is 9.97 Å². The Morgan fingerprint density at radius 1 is 1.11 bits per heavy atom. The summed E-state index contributed by atoms with van der Waals surface area (Å²) < 4.78 is 43.9. The third kappa shape index (κ3) is 3.62. The maximum absolute atomic E-state index is 12.6. The minimum atomic E-state index is -4.53. The molecule has 4 rings (SSSR count). The second-order valence-electron chi connectivity index (χ2n) is 6.54. The normalized spacial score (nSPS) is 17.1. The van der Waals surface area contributed by atoms with Gasteiger partial charge in [0.05, 0.1) is 12.1 Å². The molecule has 0 saturated carbocycles. The predicted octanol–water partition coefficient (Wildman–Crippen LogP) is 3.94. The van der Waals surface area contributed by atoms with Gasteiger partial charge in [-0.15, -0.1) is 0 Å². The summed E-state index contributed by atoms with van der Waals surface area (Å²) in [5.41, 5.74) is -0.141.